The first-order chi connectivity index (χ1) is 14.2. The van der Waals surface area contributed by atoms with Crippen LogP contribution in [0.5, 0.6) is 0 Å². The smallest absolute Gasteiger partial charge is 0.317 e. The summed E-state index contributed by atoms with van der Waals surface area (Å²) in [6.07, 6.45) is -0.516. The van der Waals surface area contributed by atoms with E-state index in [4.69, 9.17) is 10.2 Å². The van der Waals surface area contributed by atoms with Crippen molar-refractivity contribution < 1.29 is 34.3 Å². The van der Waals surface area contributed by atoms with Crippen LogP contribution < -0.4 is 0 Å². The van der Waals surface area contributed by atoms with Gasteiger partial charge < -0.3 is 10.2 Å². The van der Waals surface area contributed by atoms with Crippen LogP contribution in [0.25, 0.3) is 0 Å². The maximum atomic E-state index is 12.5. The number of benzene rings is 2. The van der Waals surface area contributed by atoms with Gasteiger partial charge in [-0.3, -0.25) is 34.2 Å². The van der Waals surface area contributed by atoms with Crippen LogP contribution in [-0.2, 0) is 22.6 Å². The molecule has 0 saturated carbocycles. The summed E-state index contributed by atoms with van der Waals surface area (Å²) in [5.74, 6) is -5.73. The monoisotopic (exact) mass is 412 g/mol. The van der Waals surface area contributed by atoms with Gasteiger partial charge in [0.2, 0.25) is 0 Å². The number of amides is 2. The van der Waals surface area contributed by atoms with Crippen LogP contribution in [0.1, 0.15) is 38.3 Å². The predicted molar refractivity (Wildman–Crippen MR) is 101 cm³/mol. The van der Waals surface area contributed by atoms with Crippen molar-refractivity contribution in [2.24, 2.45) is 5.92 Å². The molecule has 3 rings (SSSR count). The lowest BCUT2D eigenvalue weighted by Gasteiger charge is -2.15. The molecule has 0 fully saturated rings. The fourth-order valence-corrected chi connectivity index (χ4v) is 3.33. The minimum absolute atomic E-state index is 0.126. The molecule has 1 aliphatic rings. The van der Waals surface area contributed by atoms with Crippen molar-refractivity contribution in [3.8, 4) is 0 Å². The molecule has 1 heterocycles. The molecule has 2 aromatic rings. The molecule has 0 aromatic heterocycles. The van der Waals surface area contributed by atoms with Gasteiger partial charge in [0.05, 0.1) is 22.6 Å². The third-order valence-corrected chi connectivity index (χ3v) is 4.86. The molecule has 0 radical (unpaired) electrons. The number of carboxylic acids is 2. The van der Waals surface area contributed by atoms with Crippen molar-refractivity contribution in [2.75, 3.05) is 0 Å². The number of carbonyl (C=O) groups excluding carboxylic acids is 2. The van der Waals surface area contributed by atoms with E-state index in [1.165, 1.54) is 30.3 Å². The molecule has 0 bridgehead atoms. The quantitative estimate of drug-likeness (QED) is 0.289. The molecule has 2 aromatic carbocycles. The Labute approximate surface area is 169 Å². The maximum absolute atomic E-state index is 12.5. The Morgan fingerprint density at radius 3 is 2.07 bits per heavy atom. The number of hydrogen-bond donors (Lipinski definition) is 2. The number of carbonyl (C=O) groups is 4. The van der Waals surface area contributed by atoms with Crippen molar-refractivity contribution in [3.63, 3.8) is 0 Å². The lowest BCUT2D eigenvalue weighted by atomic mass is 9.97. The van der Waals surface area contributed by atoms with E-state index in [-0.39, 0.29) is 41.8 Å². The van der Waals surface area contributed by atoms with Gasteiger partial charge in [-0.15, -0.1) is 0 Å². The van der Waals surface area contributed by atoms with Crippen molar-refractivity contribution in [2.45, 2.75) is 19.4 Å². The Kier molecular flexibility index (Phi) is 5.58. The van der Waals surface area contributed by atoms with E-state index < -0.39 is 34.6 Å². The summed E-state index contributed by atoms with van der Waals surface area (Å²) in [6.45, 7) is -0.126. The van der Waals surface area contributed by atoms with Crippen LogP contribution in [0.4, 0.5) is 5.69 Å². The van der Waals surface area contributed by atoms with Gasteiger partial charge in [0, 0.05) is 11.6 Å². The van der Waals surface area contributed by atoms with Crippen LogP contribution >= 0.6 is 0 Å². The average molecular weight is 412 g/mol. The van der Waals surface area contributed by atoms with E-state index >= 15 is 0 Å². The molecule has 0 aliphatic carbocycles. The van der Waals surface area contributed by atoms with E-state index in [0.717, 1.165) is 4.90 Å². The molecule has 0 spiro atoms. The zero-order valence-electron chi connectivity index (χ0n) is 15.5. The third kappa shape index (κ3) is 3.88. The lowest BCUT2D eigenvalue weighted by Crippen LogP contribution is -2.29. The van der Waals surface area contributed by atoms with E-state index in [1.54, 1.807) is 12.1 Å². The molecule has 1 aliphatic heterocycles. The number of rotatable bonds is 8. The highest BCUT2D eigenvalue weighted by atomic mass is 16.6. The average Bonchev–Trinajstić information content (AvgIpc) is 2.93. The molecule has 30 heavy (non-hydrogen) atoms. The van der Waals surface area contributed by atoms with Gasteiger partial charge in [-0.1, -0.05) is 18.2 Å². The second kappa shape index (κ2) is 8.11. The molecular weight excluding hydrogens is 396 g/mol. The minimum atomic E-state index is -1.70. The topological polar surface area (TPSA) is 155 Å². The number of aryl methyl sites for hydroxylation is 1. The zero-order valence-corrected chi connectivity index (χ0v) is 15.5. The van der Waals surface area contributed by atoms with E-state index in [0.29, 0.717) is 5.56 Å². The summed E-state index contributed by atoms with van der Waals surface area (Å²) >= 11 is 0. The first-order valence-corrected chi connectivity index (χ1v) is 8.87. The highest BCUT2D eigenvalue weighted by Gasteiger charge is 2.35. The largest absolute Gasteiger partial charge is 0.481 e. The Bertz CT molecular complexity index is 1030. The van der Waals surface area contributed by atoms with Crippen LogP contribution in [0.2, 0.25) is 0 Å². The fourth-order valence-electron chi connectivity index (χ4n) is 3.33. The number of imide groups is 1. The highest BCUT2D eigenvalue weighted by molar-refractivity contribution is 6.21. The standard InChI is InChI=1S/C20H16N2O8/c23-17-13-3-1-2-4-14(13)18(24)21(17)10-11-5-8-16(22(29)30)12(9-11)6-7-15(19(25)26)20(27)28/h1-5,8-9,15H,6-7,10H2,(H,25,26)(H,27,28). The van der Waals surface area contributed by atoms with Gasteiger partial charge >= 0.3 is 11.9 Å². The molecule has 0 unspecified atom stereocenters. The van der Waals surface area contributed by atoms with Crippen LogP contribution in [0, 0.1) is 16.0 Å². The predicted octanol–water partition coefficient (Wildman–Crippen LogP) is 2.11. The van der Waals surface area contributed by atoms with Crippen molar-refractivity contribution in [3.05, 3.63) is 74.8 Å². The lowest BCUT2D eigenvalue weighted by molar-refractivity contribution is -0.385. The summed E-state index contributed by atoms with van der Waals surface area (Å²) < 4.78 is 0. The third-order valence-electron chi connectivity index (χ3n) is 4.86. The minimum Gasteiger partial charge on any atom is -0.481 e. The second-order valence-electron chi connectivity index (χ2n) is 6.73. The maximum Gasteiger partial charge on any atom is 0.317 e. The van der Waals surface area contributed by atoms with Gasteiger partial charge in [0.25, 0.3) is 17.5 Å². The molecule has 10 heteroatoms. The van der Waals surface area contributed by atoms with Crippen molar-refractivity contribution in [1.29, 1.82) is 0 Å². The number of hydrogen-bond acceptors (Lipinski definition) is 6. The Balaban J connectivity index is 1.85. The first-order valence-electron chi connectivity index (χ1n) is 8.87. The van der Waals surface area contributed by atoms with Crippen molar-refractivity contribution in [1.82, 2.24) is 4.90 Å². The summed E-state index contributed by atoms with van der Waals surface area (Å²) in [6, 6.07) is 10.3. The van der Waals surface area contributed by atoms with E-state index in [9.17, 15) is 29.3 Å². The summed E-state index contributed by atoms with van der Waals surface area (Å²) in [5.41, 5.74) is 0.801. The summed E-state index contributed by atoms with van der Waals surface area (Å²) in [5, 5.41) is 29.3. The second-order valence-corrected chi connectivity index (χ2v) is 6.73. The number of nitrogens with zero attached hydrogens (tertiary/aromatic N) is 2. The van der Waals surface area contributed by atoms with Gasteiger partial charge in [-0.05, 0) is 36.6 Å². The highest BCUT2D eigenvalue weighted by Crippen LogP contribution is 2.27. The summed E-state index contributed by atoms with van der Waals surface area (Å²) in [7, 11) is 0. The number of carboxylic acid groups (broad SMARTS) is 2. The van der Waals surface area contributed by atoms with Crippen LogP contribution in [-0.4, -0.2) is 43.8 Å². The van der Waals surface area contributed by atoms with E-state index in [1.807, 2.05) is 0 Å². The zero-order chi connectivity index (χ0) is 22.0. The van der Waals surface area contributed by atoms with E-state index in [2.05, 4.69) is 0 Å². The molecule has 154 valence electrons. The summed E-state index contributed by atoms with van der Waals surface area (Å²) in [4.78, 5) is 58.8. The molecular formula is C20H16N2O8. The van der Waals surface area contributed by atoms with Gasteiger partial charge in [0.15, 0.2) is 5.92 Å². The van der Waals surface area contributed by atoms with Crippen molar-refractivity contribution >= 4 is 29.4 Å². The molecule has 0 saturated heterocycles. The molecule has 2 amide bonds. The Morgan fingerprint density at radius 1 is 1.00 bits per heavy atom. The molecule has 0 atom stereocenters. The number of nitro groups is 1. The SMILES string of the molecule is O=C(O)C(CCc1cc(CN2C(=O)c3ccccc3C2=O)ccc1[N+](=O)[O-])C(=O)O. The van der Waals surface area contributed by atoms with Gasteiger partial charge in [-0.2, -0.15) is 0 Å². The number of nitro benzene ring substituents is 1. The normalized spacial score (nSPS) is 12.9. The van der Waals surface area contributed by atoms with Crippen LogP contribution in [0.3, 0.4) is 0 Å². The van der Waals surface area contributed by atoms with Crippen LogP contribution in [0.15, 0.2) is 42.5 Å². The van der Waals surface area contributed by atoms with Gasteiger partial charge in [-0.25, -0.2) is 0 Å². The molecule has 2 N–H and O–H groups in total. The Hall–Kier alpha value is -4.08. The Morgan fingerprint density at radius 2 is 1.57 bits per heavy atom. The number of aliphatic carboxylic acids is 2. The fraction of sp³-hybridized carbons (Fsp3) is 0.200. The first kappa shape index (κ1) is 20.6. The van der Waals surface area contributed by atoms with Gasteiger partial charge in [0.1, 0.15) is 0 Å². The molecule has 10 nitrogen and oxygen atoms in total. The number of fused-ring (bicyclic) bond motifs is 1.